The molecule has 0 radical (unpaired) electrons. The van der Waals surface area contributed by atoms with E-state index in [-0.39, 0.29) is 21.9 Å². The SMILES string of the molecule is CC(C)c1cc(NS(=O)(=O)c2cc(Br)cnc2Cl)on1. The molecule has 0 saturated heterocycles. The number of nitrogens with one attached hydrogen (secondary N) is 1. The highest BCUT2D eigenvalue weighted by atomic mass is 79.9. The van der Waals surface area contributed by atoms with Crippen LogP contribution in [0.15, 0.2) is 32.2 Å². The van der Waals surface area contributed by atoms with E-state index >= 15 is 0 Å². The number of aromatic nitrogens is 2. The van der Waals surface area contributed by atoms with Gasteiger partial charge < -0.3 is 4.52 Å². The third-order valence-corrected chi connectivity index (χ3v) is 4.62. The Kier molecular flexibility index (Phi) is 4.36. The lowest BCUT2D eigenvalue weighted by Gasteiger charge is -2.06. The molecule has 2 rings (SSSR count). The van der Waals surface area contributed by atoms with Crippen molar-refractivity contribution in [2.45, 2.75) is 24.7 Å². The van der Waals surface area contributed by atoms with Gasteiger partial charge in [-0.2, -0.15) is 0 Å². The lowest BCUT2D eigenvalue weighted by atomic mass is 10.1. The summed E-state index contributed by atoms with van der Waals surface area (Å²) in [5.74, 6) is 0.165. The van der Waals surface area contributed by atoms with Crippen LogP contribution in [0.2, 0.25) is 5.15 Å². The van der Waals surface area contributed by atoms with E-state index in [9.17, 15) is 8.42 Å². The second-order valence-electron chi connectivity index (χ2n) is 4.32. The van der Waals surface area contributed by atoms with Gasteiger partial charge in [0.2, 0.25) is 5.88 Å². The third-order valence-electron chi connectivity index (χ3n) is 2.42. The fraction of sp³-hybridized carbons (Fsp3) is 0.273. The molecular weight excluding hydrogens is 370 g/mol. The summed E-state index contributed by atoms with van der Waals surface area (Å²) < 4.78 is 32.1. The maximum Gasteiger partial charge on any atom is 0.267 e. The zero-order valence-electron chi connectivity index (χ0n) is 10.6. The topological polar surface area (TPSA) is 85.1 Å². The van der Waals surface area contributed by atoms with E-state index in [2.05, 4.69) is 30.8 Å². The van der Waals surface area contributed by atoms with Crippen molar-refractivity contribution in [3.8, 4) is 0 Å². The van der Waals surface area contributed by atoms with Crippen LogP contribution in [0.1, 0.15) is 25.5 Å². The molecule has 0 bridgehead atoms. The minimum absolute atomic E-state index is 0.0322. The number of halogens is 2. The zero-order chi connectivity index (χ0) is 14.9. The Labute approximate surface area is 129 Å². The number of pyridine rings is 1. The van der Waals surface area contributed by atoms with Crippen molar-refractivity contribution in [3.63, 3.8) is 0 Å². The summed E-state index contributed by atoms with van der Waals surface area (Å²) in [6.07, 6.45) is 1.41. The molecule has 9 heteroatoms. The van der Waals surface area contributed by atoms with Gasteiger partial charge in [-0.15, -0.1) is 0 Å². The van der Waals surface area contributed by atoms with Gasteiger partial charge in [0.1, 0.15) is 10.0 Å². The zero-order valence-corrected chi connectivity index (χ0v) is 13.8. The second kappa shape index (κ2) is 5.71. The molecule has 6 nitrogen and oxygen atoms in total. The maximum atomic E-state index is 12.2. The number of hydrogen-bond acceptors (Lipinski definition) is 5. The van der Waals surface area contributed by atoms with Crippen LogP contribution in [0.4, 0.5) is 5.88 Å². The Bertz CT molecular complexity index is 730. The molecule has 0 atom stereocenters. The minimum atomic E-state index is -3.89. The molecular formula is C11H11BrClN3O3S. The lowest BCUT2D eigenvalue weighted by Crippen LogP contribution is -2.13. The molecule has 0 aliphatic carbocycles. The normalized spacial score (nSPS) is 11.8. The van der Waals surface area contributed by atoms with E-state index in [0.717, 1.165) is 0 Å². The van der Waals surface area contributed by atoms with E-state index in [1.54, 1.807) is 0 Å². The first kappa shape index (κ1) is 15.3. The molecule has 2 aromatic rings. The van der Waals surface area contributed by atoms with Crippen molar-refractivity contribution in [2.75, 3.05) is 4.72 Å². The van der Waals surface area contributed by atoms with E-state index in [4.69, 9.17) is 16.1 Å². The average molecular weight is 381 g/mol. The molecule has 0 spiro atoms. The maximum absolute atomic E-state index is 12.2. The summed E-state index contributed by atoms with van der Waals surface area (Å²) in [4.78, 5) is 3.63. The van der Waals surface area contributed by atoms with Gasteiger partial charge in [-0.05, 0) is 27.9 Å². The smallest absolute Gasteiger partial charge is 0.267 e. The van der Waals surface area contributed by atoms with E-state index in [1.165, 1.54) is 18.3 Å². The van der Waals surface area contributed by atoms with Gasteiger partial charge in [-0.25, -0.2) is 18.1 Å². The van der Waals surface area contributed by atoms with Crippen LogP contribution in [0.3, 0.4) is 0 Å². The monoisotopic (exact) mass is 379 g/mol. The van der Waals surface area contributed by atoms with E-state index < -0.39 is 10.0 Å². The molecule has 0 fully saturated rings. The number of anilines is 1. The fourth-order valence-corrected chi connectivity index (χ4v) is 3.31. The molecule has 1 N–H and O–H groups in total. The number of sulfonamides is 1. The van der Waals surface area contributed by atoms with Crippen LogP contribution in [0.25, 0.3) is 0 Å². The standard InChI is InChI=1S/C11H11BrClN3O3S/c1-6(2)8-4-10(19-15-8)16-20(17,18)9-3-7(12)5-14-11(9)13/h3-6,16H,1-2H3. The second-order valence-corrected chi connectivity index (χ2v) is 7.24. The van der Waals surface area contributed by atoms with E-state index in [1.807, 2.05) is 13.8 Å². The van der Waals surface area contributed by atoms with Crippen LogP contribution >= 0.6 is 27.5 Å². The molecule has 20 heavy (non-hydrogen) atoms. The fourth-order valence-electron chi connectivity index (χ4n) is 1.39. The lowest BCUT2D eigenvalue weighted by molar-refractivity contribution is 0.423. The Morgan fingerprint density at radius 3 is 2.70 bits per heavy atom. The first-order valence-corrected chi connectivity index (χ1v) is 8.25. The number of nitrogens with zero attached hydrogens (tertiary/aromatic N) is 2. The molecule has 2 aromatic heterocycles. The van der Waals surface area contributed by atoms with Crippen molar-refractivity contribution in [3.05, 3.63) is 33.6 Å². The first-order chi connectivity index (χ1) is 9.29. The predicted molar refractivity (Wildman–Crippen MR) is 78.3 cm³/mol. The highest BCUT2D eigenvalue weighted by molar-refractivity contribution is 9.10. The Morgan fingerprint density at radius 2 is 2.10 bits per heavy atom. The van der Waals surface area contributed by atoms with Gasteiger partial charge in [0, 0.05) is 16.7 Å². The minimum Gasteiger partial charge on any atom is -0.338 e. The summed E-state index contributed by atoms with van der Waals surface area (Å²) in [5.41, 5.74) is 0.654. The van der Waals surface area contributed by atoms with Crippen LogP contribution in [0, 0.1) is 0 Å². The van der Waals surface area contributed by atoms with Gasteiger partial charge in [-0.3, -0.25) is 0 Å². The van der Waals surface area contributed by atoms with Gasteiger partial charge >= 0.3 is 0 Å². The summed E-state index contributed by atoms with van der Waals surface area (Å²) in [6.45, 7) is 3.84. The van der Waals surface area contributed by atoms with Gasteiger partial charge in [0.25, 0.3) is 10.0 Å². The Balaban J connectivity index is 2.33. The number of rotatable bonds is 4. The van der Waals surface area contributed by atoms with Crippen molar-refractivity contribution in [1.29, 1.82) is 0 Å². The molecule has 0 amide bonds. The Hall–Kier alpha value is -1.12. The summed E-state index contributed by atoms with van der Waals surface area (Å²) in [7, 11) is -3.89. The van der Waals surface area contributed by atoms with Crippen LogP contribution in [-0.4, -0.2) is 18.6 Å². The third kappa shape index (κ3) is 3.31. The molecule has 0 saturated carbocycles. The molecule has 0 aromatic carbocycles. The predicted octanol–water partition coefficient (Wildman–Crippen LogP) is 3.41. The molecule has 2 heterocycles. The highest BCUT2D eigenvalue weighted by Crippen LogP contribution is 2.26. The average Bonchev–Trinajstić information content (AvgIpc) is 2.80. The Morgan fingerprint density at radius 1 is 1.40 bits per heavy atom. The van der Waals surface area contributed by atoms with Gasteiger partial charge in [0.15, 0.2) is 0 Å². The van der Waals surface area contributed by atoms with Crippen molar-refractivity contribution in [2.24, 2.45) is 0 Å². The largest absolute Gasteiger partial charge is 0.338 e. The van der Waals surface area contributed by atoms with Crippen molar-refractivity contribution >= 4 is 43.4 Å². The first-order valence-electron chi connectivity index (χ1n) is 5.60. The molecule has 108 valence electrons. The van der Waals surface area contributed by atoms with Crippen LogP contribution < -0.4 is 4.72 Å². The van der Waals surface area contributed by atoms with Crippen molar-refractivity contribution < 1.29 is 12.9 Å². The summed E-state index contributed by atoms with van der Waals surface area (Å²) in [5, 5.41) is 3.65. The van der Waals surface area contributed by atoms with Gasteiger partial charge in [0.05, 0.1) is 5.69 Å². The highest BCUT2D eigenvalue weighted by Gasteiger charge is 2.21. The summed E-state index contributed by atoms with van der Waals surface area (Å²) in [6, 6.07) is 2.89. The van der Waals surface area contributed by atoms with Crippen LogP contribution in [0.5, 0.6) is 0 Å². The van der Waals surface area contributed by atoms with E-state index in [0.29, 0.717) is 10.2 Å². The van der Waals surface area contributed by atoms with Gasteiger partial charge in [-0.1, -0.05) is 30.6 Å². The molecule has 0 unspecified atom stereocenters. The van der Waals surface area contributed by atoms with Crippen molar-refractivity contribution in [1.82, 2.24) is 10.1 Å². The quantitative estimate of drug-likeness (QED) is 0.822. The molecule has 0 aliphatic rings. The molecule has 0 aliphatic heterocycles. The van der Waals surface area contributed by atoms with Crippen LogP contribution in [-0.2, 0) is 10.0 Å². The number of hydrogen-bond donors (Lipinski definition) is 1. The summed E-state index contributed by atoms with van der Waals surface area (Å²) >= 11 is 8.95.